The summed E-state index contributed by atoms with van der Waals surface area (Å²) in [5.41, 5.74) is 7.29. The zero-order chi connectivity index (χ0) is 21.3. The molecule has 0 saturated carbocycles. The van der Waals surface area contributed by atoms with Crippen LogP contribution in [0.4, 0.5) is 10.2 Å². The van der Waals surface area contributed by atoms with Crippen molar-refractivity contribution in [3.05, 3.63) is 65.9 Å². The molecule has 1 aromatic heterocycles. The summed E-state index contributed by atoms with van der Waals surface area (Å²) >= 11 is 0. The number of carbonyl (C=O) groups excluding carboxylic acids is 2. The highest BCUT2D eigenvalue weighted by Crippen LogP contribution is 2.40. The average molecular weight is 410 g/mol. The summed E-state index contributed by atoms with van der Waals surface area (Å²) in [4.78, 5) is 28.0. The van der Waals surface area contributed by atoms with Gasteiger partial charge in [0.15, 0.2) is 18.1 Å². The summed E-state index contributed by atoms with van der Waals surface area (Å²) in [7, 11) is 1.49. The van der Waals surface area contributed by atoms with E-state index in [1.165, 1.54) is 19.2 Å². The van der Waals surface area contributed by atoms with Gasteiger partial charge in [-0.15, -0.1) is 0 Å². The number of nitrogens with zero attached hydrogens (tertiary/aromatic N) is 2. The molecule has 9 heteroatoms. The number of primary amides is 1. The first-order valence-electron chi connectivity index (χ1n) is 9.18. The molecule has 30 heavy (non-hydrogen) atoms. The fourth-order valence-corrected chi connectivity index (χ4v) is 3.45. The Kier molecular flexibility index (Phi) is 5.09. The van der Waals surface area contributed by atoms with Crippen molar-refractivity contribution in [3.8, 4) is 17.2 Å². The Labute approximate surface area is 171 Å². The Morgan fingerprint density at radius 2 is 2.03 bits per heavy atom. The SMILES string of the molecule is COc1ccc([C@@H]2CC(=O)Nc3c2ncn3-c2ccc(F)cc2)cc1OCC(N)=O. The number of hydrogen-bond acceptors (Lipinski definition) is 5. The van der Waals surface area contributed by atoms with Gasteiger partial charge in [0.1, 0.15) is 18.0 Å². The number of imidazole rings is 1. The maximum atomic E-state index is 13.3. The number of hydrogen-bond donors (Lipinski definition) is 2. The number of fused-ring (bicyclic) bond motifs is 1. The maximum absolute atomic E-state index is 13.3. The van der Waals surface area contributed by atoms with Gasteiger partial charge in [-0.3, -0.25) is 14.2 Å². The first kappa shape index (κ1) is 19.4. The van der Waals surface area contributed by atoms with Gasteiger partial charge >= 0.3 is 0 Å². The van der Waals surface area contributed by atoms with Gasteiger partial charge in [0.25, 0.3) is 5.91 Å². The van der Waals surface area contributed by atoms with Crippen LogP contribution in [0, 0.1) is 5.82 Å². The van der Waals surface area contributed by atoms with E-state index in [-0.39, 0.29) is 30.7 Å². The van der Waals surface area contributed by atoms with Gasteiger partial charge in [0, 0.05) is 18.0 Å². The Balaban J connectivity index is 1.73. The van der Waals surface area contributed by atoms with Crippen LogP contribution in [0.25, 0.3) is 5.69 Å². The third kappa shape index (κ3) is 3.69. The van der Waals surface area contributed by atoms with Crippen LogP contribution in [0.1, 0.15) is 23.6 Å². The lowest BCUT2D eigenvalue weighted by Gasteiger charge is -2.24. The molecular weight excluding hydrogens is 391 g/mol. The first-order chi connectivity index (χ1) is 14.5. The fourth-order valence-electron chi connectivity index (χ4n) is 3.45. The van der Waals surface area contributed by atoms with Crippen molar-refractivity contribution in [1.29, 1.82) is 0 Å². The van der Waals surface area contributed by atoms with Crippen LogP contribution in [0.2, 0.25) is 0 Å². The smallest absolute Gasteiger partial charge is 0.255 e. The molecule has 4 rings (SSSR count). The number of benzene rings is 2. The molecule has 0 aliphatic carbocycles. The van der Waals surface area contributed by atoms with Crippen molar-refractivity contribution in [3.63, 3.8) is 0 Å². The van der Waals surface area contributed by atoms with E-state index in [9.17, 15) is 14.0 Å². The number of nitrogens with one attached hydrogen (secondary N) is 1. The van der Waals surface area contributed by atoms with E-state index in [1.807, 2.05) is 6.07 Å². The molecule has 0 unspecified atom stereocenters. The van der Waals surface area contributed by atoms with Crippen molar-refractivity contribution in [2.24, 2.45) is 5.73 Å². The predicted molar refractivity (Wildman–Crippen MR) is 106 cm³/mol. The summed E-state index contributed by atoms with van der Waals surface area (Å²) in [5.74, 6) is -0.157. The van der Waals surface area contributed by atoms with Crippen LogP contribution in [0.3, 0.4) is 0 Å². The molecule has 1 aliphatic rings. The number of methoxy groups -OCH3 is 1. The minimum absolute atomic E-state index is 0.174. The second kappa shape index (κ2) is 7.86. The molecule has 0 spiro atoms. The Hall–Kier alpha value is -3.88. The molecule has 1 atom stereocenters. The molecule has 0 bridgehead atoms. The second-order valence-electron chi connectivity index (χ2n) is 6.80. The van der Waals surface area contributed by atoms with E-state index in [0.29, 0.717) is 28.7 Å². The molecule has 154 valence electrons. The van der Waals surface area contributed by atoms with E-state index in [4.69, 9.17) is 15.2 Å². The third-order valence-electron chi connectivity index (χ3n) is 4.84. The van der Waals surface area contributed by atoms with E-state index < -0.39 is 5.91 Å². The predicted octanol–water partition coefficient (Wildman–Crippen LogP) is 2.36. The van der Waals surface area contributed by atoms with Crippen LogP contribution in [0.15, 0.2) is 48.8 Å². The zero-order valence-corrected chi connectivity index (χ0v) is 16.1. The molecule has 3 N–H and O–H groups in total. The highest BCUT2D eigenvalue weighted by molar-refractivity contribution is 5.94. The zero-order valence-electron chi connectivity index (χ0n) is 16.1. The third-order valence-corrected chi connectivity index (χ3v) is 4.84. The van der Waals surface area contributed by atoms with Crippen LogP contribution in [-0.2, 0) is 9.59 Å². The number of aromatic nitrogens is 2. The van der Waals surface area contributed by atoms with Gasteiger partial charge in [0.2, 0.25) is 5.91 Å². The summed E-state index contributed by atoms with van der Waals surface area (Å²) in [6.07, 6.45) is 1.78. The molecule has 0 saturated heterocycles. The molecular formula is C21H19FN4O4. The van der Waals surface area contributed by atoms with Gasteiger partial charge in [-0.2, -0.15) is 0 Å². The van der Waals surface area contributed by atoms with Crippen molar-refractivity contribution in [1.82, 2.24) is 9.55 Å². The molecule has 3 aromatic rings. The second-order valence-corrected chi connectivity index (χ2v) is 6.80. The lowest BCUT2D eigenvalue weighted by Crippen LogP contribution is -2.25. The van der Waals surface area contributed by atoms with Crippen molar-refractivity contribution >= 4 is 17.6 Å². The fraction of sp³-hybridized carbons (Fsp3) is 0.190. The quantitative estimate of drug-likeness (QED) is 0.649. The first-order valence-corrected chi connectivity index (χ1v) is 9.18. The number of carbonyl (C=O) groups is 2. The topological polar surface area (TPSA) is 108 Å². The summed E-state index contributed by atoms with van der Waals surface area (Å²) in [6.45, 7) is -0.296. The summed E-state index contributed by atoms with van der Waals surface area (Å²) < 4.78 is 25.7. The molecule has 8 nitrogen and oxygen atoms in total. The standard InChI is InChI=1S/C21H19FN4O4/c1-29-16-7-2-12(8-17(16)30-10-18(23)27)15-9-19(28)25-21-20(15)24-11-26(21)14-5-3-13(22)4-6-14/h2-8,11,15H,9-10H2,1H3,(H2,23,27)(H,25,28)/t15-/m0/s1. The van der Waals surface area contributed by atoms with E-state index >= 15 is 0 Å². The maximum Gasteiger partial charge on any atom is 0.255 e. The van der Waals surface area contributed by atoms with Gasteiger partial charge in [-0.1, -0.05) is 6.07 Å². The van der Waals surface area contributed by atoms with Crippen LogP contribution < -0.4 is 20.5 Å². The monoisotopic (exact) mass is 410 g/mol. The number of anilines is 1. The average Bonchev–Trinajstić information content (AvgIpc) is 3.15. The Morgan fingerprint density at radius 1 is 1.27 bits per heavy atom. The normalized spacial score (nSPS) is 15.3. The summed E-state index contributed by atoms with van der Waals surface area (Å²) in [5, 5.41) is 2.85. The van der Waals surface area contributed by atoms with E-state index in [2.05, 4.69) is 10.3 Å². The van der Waals surface area contributed by atoms with Gasteiger partial charge in [-0.25, -0.2) is 9.37 Å². The minimum Gasteiger partial charge on any atom is -0.493 e. The molecule has 2 heterocycles. The van der Waals surface area contributed by atoms with Crippen LogP contribution >= 0.6 is 0 Å². The minimum atomic E-state index is -0.611. The lowest BCUT2D eigenvalue weighted by molar-refractivity contribution is -0.120. The van der Waals surface area contributed by atoms with Crippen molar-refractivity contribution < 1.29 is 23.5 Å². The number of ether oxygens (including phenoxy) is 2. The highest BCUT2D eigenvalue weighted by atomic mass is 19.1. The Morgan fingerprint density at radius 3 is 2.73 bits per heavy atom. The van der Waals surface area contributed by atoms with Crippen LogP contribution in [0.5, 0.6) is 11.5 Å². The molecule has 2 amide bonds. The number of rotatable bonds is 6. The number of amides is 2. The van der Waals surface area contributed by atoms with Gasteiger partial charge in [0.05, 0.1) is 12.8 Å². The molecule has 0 radical (unpaired) electrons. The van der Waals surface area contributed by atoms with Gasteiger partial charge in [-0.05, 0) is 42.0 Å². The molecule has 2 aromatic carbocycles. The van der Waals surface area contributed by atoms with Crippen molar-refractivity contribution in [2.75, 3.05) is 19.0 Å². The molecule has 1 aliphatic heterocycles. The van der Waals surface area contributed by atoms with Crippen molar-refractivity contribution in [2.45, 2.75) is 12.3 Å². The van der Waals surface area contributed by atoms with E-state index in [1.54, 1.807) is 35.2 Å². The summed E-state index contributed by atoms with van der Waals surface area (Å²) in [6, 6.07) is 11.1. The van der Waals surface area contributed by atoms with Crippen LogP contribution in [-0.4, -0.2) is 35.1 Å². The number of nitrogens with two attached hydrogens (primary N) is 1. The highest BCUT2D eigenvalue weighted by Gasteiger charge is 2.31. The number of halogens is 1. The Bertz CT molecular complexity index is 1110. The lowest BCUT2D eigenvalue weighted by atomic mass is 9.89. The molecule has 0 fully saturated rings. The van der Waals surface area contributed by atoms with E-state index in [0.717, 1.165) is 5.56 Å². The largest absolute Gasteiger partial charge is 0.493 e. The van der Waals surface area contributed by atoms with Gasteiger partial charge < -0.3 is 20.5 Å².